The van der Waals surface area contributed by atoms with E-state index in [4.69, 9.17) is 20.4 Å². The van der Waals surface area contributed by atoms with Gasteiger partial charge >= 0.3 is 0 Å². The van der Waals surface area contributed by atoms with Crippen LogP contribution >= 0.6 is 34.7 Å². The molecule has 0 aliphatic carbocycles. The summed E-state index contributed by atoms with van der Waals surface area (Å²) in [6.07, 6.45) is 2.60. The highest BCUT2D eigenvalue weighted by atomic mass is 35.5. The Balaban J connectivity index is 1.28. The molecule has 0 spiro atoms. The first-order valence-corrected chi connectivity index (χ1v) is 12.3. The third-order valence-corrected chi connectivity index (χ3v) is 6.86. The molecule has 4 aromatic rings. The Bertz CT molecular complexity index is 1280. The fourth-order valence-corrected chi connectivity index (χ4v) is 4.83. The predicted octanol–water partition coefficient (Wildman–Crippen LogP) is 5.14. The number of furan rings is 1. The number of carbonyl (C=O) groups is 1. The monoisotopic (exact) mass is 499 g/mol. The maximum Gasteiger partial charge on any atom is 0.277 e. The number of hydrogen-bond donors (Lipinski definition) is 0. The normalized spacial score (nSPS) is 15.8. The van der Waals surface area contributed by atoms with E-state index in [1.807, 2.05) is 42.6 Å². The lowest BCUT2D eigenvalue weighted by molar-refractivity contribution is -0.130. The zero-order valence-electron chi connectivity index (χ0n) is 17.5. The highest BCUT2D eigenvalue weighted by Crippen LogP contribution is 2.34. The number of thioether (sulfide) groups is 1. The van der Waals surface area contributed by atoms with Crippen molar-refractivity contribution in [3.63, 3.8) is 0 Å². The summed E-state index contributed by atoms with van der Waals surface area (Å²) in [6, 6.07) is 10.7. The van der Waals surface area contributed by atoms with E-state index in [9.17, 15) is 4.79 Å². The molecule has 168 valence electrons. The van der Waals surface area contributed by atoms with Gasteiger partial charge in [-0.15, -0.1) is 21.5 Å². The fourth-order valence-electron chi connectivity index (χ4n) is 3.46. The Kier molecular flexibility index (Phi) is 6.30. The number of rotatable bonds is 7. The third kappa shape index (κ3) is 5.02. The number of aromatic nitrogens is 3. The van der Waals surface area contributed by atoms with Gasteiger partial charge in [0.15, 0.2) is 0 Å². The molecular formula is C22H18ClN5O3S2. The van der Waals surface area contributed by atoms with Crippen molar-refractivity contribution in [2.75, 3.05) is 5.75 Å². The first kappa shape index (κ1) is 21.9. The van der Waals surface area contributed by atoms with E-state index in [2.05, 4.69) is 20.3 Å². The number of hydrogen-bond acceptors (Lipinski definition) is 9. The van der Waals surface area contributed by atoms with Gasteiger partial charge in [-0.1, -0.05) is 35.5 Å². The van der Waals surface area contributed by atoms with Crippen molar-refractivity contribution in [1.82, 2.24) is 20.2 Å². The van der Waals surface area contributed by atoms with Crippen molar-refractivity contribution in [3.05, 3.63) is 81.0 Å². The lowest BCUT2D eigenvalue weighted by Crippen LogP contribution is -2.28. The van der Waals surface area contributed by atoms with Crippen molar-refractivity contribution < 1.29 is 13.6 Å². The number of carbonyl (C=O) groups excluding carboxylic acids is 1. The Morgan fingerprint density at radius 1 is 1.27 bits per heavy atom. The summed E-state index contributed by atoms with van der Waals surface area (Å²) < 4.78 is 11.3. The molecule has 4 heterocycles. The van der Waals surface area contributed by atoms with E-state index < -0.39 is 0 Å². The number of halogens is 1. The van der Waals surface area contributed by atoms with Crippen molar-refractivity contribution in [2.24, 2.45) is 5.10 Å². The molecule has 8 nitrogen and oxygen atoms in total. The molecular weight excluding hydrogens is 482 g/mol. The topological polar surface area (TPSA) is 97.6 Å². The highest BCUT2D eigenvalue weighted by molar-refractivity contribution is 7.99. The minimum Gasteiger partial charge on any atom is -0.467 e. The van der Waals surface area contributed by atoms with Gasteiger partial charge in [0.1, 0.15) is 11.8 Å². The maximum atomic E-state index is 13.1. The number of amides is 1. The van der Waals surface area contributed by atoms with Gasteiger partial charge in [0, 0.05) is 16.8 Å². The molecule has 5 rings (SSSR count). The average molecular weight is 500 g/mol. The first-order chi connectivity index (χ1) is 16.0. The van der Waals surface area contributed by atoms with Gasteiger partial charge in [0.25, 0.3) is 11.1 Å². The smallest absolute Gasteiger partial charge is 0.277 e. The molecule has 33 heavy (non-hydrogen) atoms. The van der Waals surface area contributed by atoms with Crippen LogP contribution in [-0.2, 0) is 11.2 Å². The SMILES string of the molecule is Cc1nc(Cc2nnc(SCC(=O)N3N=C(c4ccc(Cl)cc4)CC3c3ccco3)o2)cs1. The number of hydrazone groups is 1. The molecule has 0 saturated carbocycles. The molecule has 1 aliphatic rings. The number of aryl methyl sites for hydroxylation is 1. The van der Waals surface area contributed by atoms with Gasteiger partial charge in [-0.2, -0.15) is 5.10 Å². The predicted molar refractivity (Wildman–Crippen MR) is 126 cm³/mol. The van der Waals surface area contributed by atoms with Gasteiger partial charge in [0.2, 0.25) is 5.89 Å². The van der Waals surface area contributed by atoms with Crippen LogP contribution in [0.15, 0.2) is 67.2 Å². The zero-order valence-corrected chi connectivity index (χ0v) is 19.9. The van der Waals surface area contributed by atoms with Gasteiger partial charge < -0.3 is 8.83 Å². The summed E-state index contributed by atoms with van der Waals surface area (Å²) in [7, 11) is 0. The second kappa shape index (κ2) is 9.50. The standard InChI is InChI=1S/C22H18ClN5O3S2/c1-13-24-16(11-32-13)9-20-25-26-22(31-20)33-12-21(29)28-18(19-3-2-8-30-19)10-17(27-28)14-4-6-15(23)7-5-14/h2-8,11,18H,9-10,12H2,1H3. The second-order valence-electron chi connectivity index (χ2n) is 7.31. The molecule has 0 fully saturated rings. The summed E-state index contributed by atoms with van der Waals surface area (Å²) in [5.74, 6) is 1.07. The van der Waals surface area contributed by atoms with E-state index in [1.54, 1.807) is 23.7 Å². The van der Waals surface area contributed by atoms with Crippen LogP contribution in [-0.4, -0.2) is 37.6 Å². The summed E-state index contributed by atoms with van der Waals surface area (Å²) in [5.41, 5.74) is 2.60. The maximum absolute atomic E-state index is 13.1. The average Bonchev–Trinajstić information content (AvgIpc) is 3.60. The largest absolute Gasteiger partial charge is 0.467 e. The van der Waals surface area contributed by atoms with E-state index >= 15 is 0 Å². The minimum absolute atomic E-state index is 0.103. The highest BCUT2D eigenvalue weighted by Gasteiger charge is 2.35. The Labute approximate surface area is 202 Å². The first-order valence-electron chi connectivity index (χ1n) is 10.1. The van der Waals surface area contributed by atoms with Crippen LogP contribution in [0.3, 0.4) is 0 Å². The summed E-state index contributed by atoms with van der Waals surface area (Å²) in [6.45, 7) is 1.95. The third-order valence-electron chi connectivity index (χ3n) is 4.98. The second-order valence-corrected chi connectivity index (χ2v) is 9.74. The lowest BCUT2D eigenvalue weighted by Gasteiger charge is -2.19. The number of nitrogens with zero attached hydrogens (tertiary/aromatic N) is 5. The van der Waals surface area contributed by atoms with Crippen LogP contribution in [0.2, 0.25) is 5.02 Å². The van der Waals surface area contributed by atoms with Crippen molar-refractivity contribution >= 4 is 46.3 Å². The molecule has 0 radical (unpaired) electrons. The zero-order chi connectivity index (χ0) is 22.8. The van der Waals surface area contributed by atoms with Crippen LogP contribution in [0.1, 0.15) is 40.4 Å². The molecule has 0 N–H and O–H groups in total. The molecule has 3 aromatic heterocycles. The number of thiazole rings is 1. The van der Waals surface area contributed by atoms with Crippen LogP contribution < -0.4 is 0 Å². The van der Waals surface area contributed by atoms with Gasteiger partial charge in [-0.25, -0.2) is 9.99 Å². The fraction of sp³-hybridized carbons (Fsp3) is 0.227. The van der Waals surface area contributed by atoms with Crippen LogP contribution in [0, 0.1) is 6.92 Å². The minimum atomic E-state index is -0.315. The molecule has 1 unspecified atom stereocenters. The number of benzene rings is 1. The van der Waals surface area contributed by atoms with Crippen molar-refractivity contribution in [1.29, 1.82) is 0 Å². The lowest BCUT2D eigenvalue weighted by atomic mass is 10.0. The van der Waals surface area contributed by atoms with Crippen LogP contribution in [0.5, 0.6) is 0 Å². The van der Waals surface area contributed by atoms with Gasteiger partial charge in [0.05, 0.1) is 34.9 Å². The summed E-state index contributed by atoms with van der Waals surface area (Å²) in [5, 5.41) is 18.1. The molecule has 1 amide bonds. The van der Waals surface area contributed by atoms with E-state index in [1.165, 1.54) is 16.8 Å². The van der Waals surface area contributed by atoms with E-state index in [-0.39, 0.29) is 17.7 Å². The molecule has 1 aromatic carbocycles. The molecule has 0 bridgehead atoms. The summed E-state index contributed by atoms with van der Waals surface area (Å²) in [4.78, 5) is 17.5. The molecule has 0 saturated heterocycles. The van der Waals surface area contributed by atoms with E-state index in [0.29, 0.717) is 34.7 Å². The van der Waals surface area contributed by atoms with Gasteiger partial charge in [-0.3, -0.25) is 4.79 Å². The molecule has 1 aliphatic heterocycles. The van der Waals surface area contributed by atoms with Crippen molar-refractivity contribution in [3.8, 4) is 0 Å². The van der Waals surface area contributed by atoms with Gasteiger partial charge in [-0.05, 0) is 36.8 Å². The Hall–Kier alpha value is -2.95. The molecule has 1 atom stereocenters. The van der Waals surface area contributed by atoms with Crippen LogP contribution in [0.4, 0.5) is 0 Å². The Morgan fingerprint density at radius 3 is 2.85 bits per heavy atom. The van der Waals surface area contributed by atoms with E-state index in [0.717, 1.165) is 22.0 Å². The van der Waals surface area contributed by atoms with Crippen LogP contribution in [0.25, 0.3) is 0 Å². The Morgan fingerprint density at radius 2 is 2.12 bits per heavy atom. The van der Waals surface area contributed by atoms with Crippen molar-refractivity contribution in [2.45, 2.75) is 31.0 Å². The summed E-state index contributed by atoms with van der Waals surface area (Å²) >= 11 is 8.77. The quantitative estimate of drug-likeness (QED) is 0.324. The molecule has 11 heteroatoms.